The number of aliphatic carboxylic acids is 1. The van der Waals surface area contributed by atoms with Crippen LogP contribution in [0.3, 0.4) is 0 Å². The van der Waals surface area contributed by atoms with E-state index in [1.807, 2.05) is 4.90 Å². The van der Waals surface area contributed by atoms with Gasteiger partial charge in [0.1, 0.15) is 17.6 Å². The van der Waals surface area contributed by atoms with Gasteiger partial charge in [-0.2, -0.15) is 9.84 Å². The van der Waals surface area contributed by atoms with Crippen molar-refractivity contribution in [2.45, 2.75) is 39.3 Å². The molecule has 30 heavy (non-hydrogen) atoms. The van der Waals surface area contributed by atoms with E-state index in [1.54, 1.807) is 26.1 Å². The number of anilines is 1. The molecule has 9 nitrogen and oxygen atoms in total. The Balaban J connectivity index is 1.98. The highest BCUT2D eigenvalue weighted by atomic mass is 16.5. The number of aromatic nitrogens is 1. The summed E-state index contributed by atoms with van der Waals surface area (Å²) in [6.45, 7) is 4.37. The fourth-order valence-corrected chi connectivity index (χ4v) is 3.47. The molecule has 3 rings (SSSR count). The van der Waals surface area contributed by atoms with Gasteiger partial charge in [0.05, 0.1) is 29.2 Å². The molecule has 0 bridgehead atoms. The van der Waals surface area contributed by atoms with Crippen LogP contribution in [-0.4, -0.2) is 57.9 Å². The number of piperidine rings is 1. The maximum Gasteiger partial charge on any atom is 0.412 e. The van der Waals surface area contributed by atoms with Crippen LogP contribution < -0.4 is 4.90 Å². The van der Waals surface area contributed by atoms with E-state index in [-0.39, 0.29) is 29.7 Å². The molecule has 3 heterocycles. The number of nitrogens with zero attached hydrogens (tertiary/aromatic N) is 4. The summed E-state index contributed by atoms with van der Waals surface area (Å²) in [6, 6.07) is 3.52. The first-order chi connectivity index (χ1) is 14.3. The number of carboxylic acid groups (broad SMARTS) is 1. The number of amides is 1. The third-order valence-electron chi connectivity index (χ3n) is 5.02. The first-order valence-electron chi connectivity index (χ1n) is 9.75. The fraction of sp³-hybridized carbons (Fsp3) is 0.429. The van der Waals surface area contributed by atoms with E-state index in [1.165, 1.54) is 16.7 Å². The number of hydrogen-bond donors (Lipinski definition) is 1. The average molecular weight is 411 g/mol. The number of carbonyl (C=O) groups is 3. The standard InChI is InChI=1S/C21H22N4O5/c1-13(2)30-21(29)16-10-15(11-22)19(24-8-5-14(6-9-24)20(27)28)23-17(16)12-25-7-3-4-18(25)26/h3-4,7,10,13-14H,5-6,8-9,12H2,1-2H3/p+1. The zero-order valence-electron chi connectivity index (χ0n) is 16.9. The first kappa shape index (κ1) is 21.2. The van der Waals surface area contributed by atoms with E-state index < -0.39 is 17.9 Å². The van der Waals surface area contributed by atoms with E-state index >= 15 is 0 Å². The lowest BCUT2D eigenvalue weighted by Gasteiger charge is -2.31. The summed E-state index contributed by atoms with van der Waals surface area (Å²) in [5, 5.41) is 18.9. The van der Waals surface area contributed by atoms with Crippen molar-refractivity contribution in [1.29, 1.82) is 5.26 Å². The van der Waals surface area contributed by atoms with Gasteiger partial charge in [0.25, 0.3) is 0 Å². The van der Waals surface area contributed by atoms with Gasteiger partial charge < -0.3 is 14.7 Å². The normalized spacial score (nSPS) is 16.5. The van der Waals surface area contributed by atoms with Gasteiger partial charge >= 0.3 is 17.8 Å². The lowest BCUT2D eigenvalue weighted by Crippen LogP contribution is -2.37. The van der Waals surface area contributed by atoms with Gasteiger partial charge in [0.2, 0.25) is 0 Å². The minimum atomic E-state index is -0.828. The zero-order chi connectivity index (χ0) is 21.8. The molecule has 0 aromatic carbocycles. The van der Waals surface area contributed by atoms with Crippen molar-refractivity contribution < 1.29 is 28.8 Å². The predicted octanol–water partition coefficient (Wildman–Crippen LogP) is 1.50. The number of carboxylic acids is 1. The highest BCUT2D eigenvalue weighted by molar-refractivity contribution is 5.94. The van der Waals surface area contributed by atoms with Gasteiger partial charge in [-0.3, -0.25) is 4.79 Å². The number of allylic oxidation sites excluding steroid dienone is 1. The zero-order valence-corrected chi connectivity index (χ0v) is 16.9. The van der Waals surface area contributed by atoms with E-state index in [9.17, 15) is 24.8 Å². The largest absolute Gasteiger partial charge is 0.481 e. The summed E-state index contributed by atoms with van der Waals surface area (Å²) < 4.78 is 6.71. The number of pyridine rings is 1. The molecule has 0 radical (unpaired) electrons. The predicted molar refractivity (Wildman–Crippen MR) is 106 cm³/mol. The number of carbonyl (C=O) groups excluding carboxylic acids is 2. The van der Waals surface area contributed by atoms with Crippen LogP contribution in [0.4, 0.5) is 5.82 Å². The molecule has 0 atom stereocenters. The maximum absolute atomic E-state index is 12.6. The van der Waals surface area contributed by atoms with Crippen molar-refractivity contribution in [1.82, 2.24) is 4.98 Å². The lowest BCUT2D eigenvalue weighted by atomic mass is 9.96. The molecule has 0 unspecified atom stereocenters. The molecule has 0 spiro atoms. The molecule has 0 saturated carbocycles. The molecule has 1 aromatic rings. The van der Waals surface area contributed by atoms with E-state index in [4.69, 9.17) is 4.74 Å². The van der Waals surface area contributed by atoms with Crippen molar-refractivity contribution >= 4 is 29.9 Å². The molecule has 1 fully saturated rings. The van der Waals surface area contributed by atoms with Crippen LogP contribution >= 0.6 is 0 Å². The Morgan fingerprint density at radius 3 is 2.63 bits per heavy atom. The van der Waals surface area contributed by atoms with Gasteiger partial charge in [-0.05, 0) is 32.8 Å². The van der Waals surface area contributed by atoms with Gasteiger partial charge in [0, 0.05) is 19.2 Å². The van der Waals surface area contributed by atoms with Crippen molar-refractivity contribution in [2.24, 2.45) is 5.92 Å². The third kappa shape index (κ3) is 4.54. The van der Waals surface area contributed by atoms with Gasteiger partial charge in [0.15, 0.2) is 12.8 Å². The van der Waals surface area contributed by atoms with E-state index in [2.05, 4.69) is 11.1 Å². The Morgan fingerprint density at radius 1 is 1.40 bits per heavy atom. The second-order valence-electron chi connectivity index (χ2n) is 7.49. The lowest BCUT2D eigenvalue weighted by molar-refractivity contribution is -0.453. The summed E-state index contributed by atoms with van der Waals surface area (Å²) in [6.07, 6.45) is 5.14. The van der Waals surface area contributed by atoms with Crippen LogP contribution in [0.1, 0.15) is 48.3 Å². The quantitative estimate of drug-likeness (QED) is 0.552. The Labute approximate surface area is 173 Å². The molecule has 1 aromatic heterocycles. The molecule has 1 N–H and O–H groups in total. The minimum Gasteiger partial charge on any atom is -0.481 e. The molecule has 0 aliphatic carbocycles. The van der Waals surface area contributed by atoms with Crippen LogP contribution in [0, 0.1) is 17.2 Å². The third-order valence-corrected chi connectivity index (χ3v) is 5.02. The second kappa shape index (κ2) is 8.86. The Hall–Kier alpha value is -3.54. The number of ether oxygens (including phenoxy) is 1. The molecular formula is C21H23N4O5+. The smallest absolute Gasteiger partial charge is 0.412 e. The van der Waals surface area contributed by atoms with Gasteiger partial charge in [-0.1, -0.05) is 0 Å². The highest BCUT2D eigenvalue weighted by Gasteiger charge is 2.30. The first-order valence-corrected chi connectivity index (χ1v) is 9.75. The molecule has 9 heteroatoms. The SMILES string of the molecule is CC(C)OC(=O)c1cc(C#N)c(N2CCC(C(=O)O)CC2)nc1C[N+]1=CC=CC1=O. The van der Waals surface area contributed by atoms with Crippen molar-refractivity contribution in [3.63, 3.8) is 0 Å². The van der Waals surface area contributed by atoms with Crippen LogP contribution in [0.2, 0.25) is 0 Å². The van der Waals surface area contributed by atoms with Crippen molar-refractivity contribution in [3.05, 3.63) is 35.0 Å². The Kier molecular flexibility index (Phi) is 6.26. The van der Waals surface area contributed by atoms with Gasteiger partial charge in [-0.15, -0.1) is 0 Å². The van der Waals surface area contributed by atoms with Crippen LogP contribution in [0.5, 0.6) is 0 Å². The number of esters is 1. The Morgan fingerprint density at radius 2 is 2.10 bits per heavy atom. The molecular weight excluding hydrogens is 388 g/mol. The number of hydrogen-bond acceptors (Lipinski definition) is 7. The van der Waals surface area contributed by atoms with Crippen molar-refractivity contribution in [3.8, 4) is 6.07 Å². The van der Waals surface area contributed by atoms with E-state index in [0.29, 0.717) is 37.4 Å². The molecule has 2 aliphatic heterocycles. The second-order valence-corrected chi connectivity index (χ2v) is 7.49. The molecule has 2 aliphatic rings. The minimum absolute atomic E-state index is 0.0542. The molecule has 1 amide bonds. The topological polar surface area (TPSA) is 124 Å². The van der Waals surface area contributed by atoms with Crippen LogP contribution in [0.15, 0.2) is 18.2 Å². The monoisotopic (exact) mass is 411 g/mol. The molecule has 156 valence electrons. The van der Waals surface area contributed by atoms with Crippen LogP contribution in [0.25, 0.3) is 0 Å². The Bertz CT molecular complexity index is 982. The summed E-state index contributed by atoms with van der Waals surface area (Å²) in [4.78, 5) is 42.3. The average Bonchev–Trinajstić information content (AvgIpc) is 3.11. The molecule has 1 saturated heterocycles. The van der Waals surface area contributed by atoms with E-state index in [0.717, 1.165) is 0 Å². The van der Waals surface area contributed by atoms with Crippen LogP contribution in [-0.2, 0) is 20.9 Å². The highest BCUT2D eigenvalue weighted by Crippen LogP contribution is 2.27. The number of nitriles is 1. The summed E-state index contributed by atoms with van der Waals surface area (Å²) in [5.74, 6) is -1.70. The van der Waals surface area contributed by atoms with Gasteiger partial charge in [-0.25, -0.2) is 14.6 Å². The summed E-state index contributed by atoms with van der Waals surface area (Å²) >= 11 is 0. The summed E-state index contributed by atoms with van der Waals surface area (Å²) in [7, 11) is 0. The fourth-order valence-electron chi connectivity index (χ4n) is 3.47. The summed E-state index contributed by atoms with van der Waals surface area (Å²) in [5.41, 5.74) is 0.666. The maximum atomic E-state index is 12.6. The number of rotatable bonds is 6. The van der Waals surface area contributed by atoms with Crippen molar-refractivity contribution in [2.75, 3.05) is 18.0 Å².